The number of hydrogen-bond donors (Lipinski definition) is 4. The van der Waals surface area contributed by atoms with E-state index in [1.54, 1.807) is 12.1 Å². The van der Waals surface area contributed by atoms with E-state index >= 15 is 0 Å². The molecule has 0 aliphatic carbocycles. The molecular weight excluding hydrogens is 560 g/mol. The van der Waals surface area contributed by atoms with Crippen molar-refractivity contribution in [1.29, 1.82) is 0 Å². The molecule has 12 heteroatoms. The number of aliphatic hydroxyl groups is 1. The van der Waals surface area contributed by atoms with Crippen LogP contribution in [0.4, 0.5) is 28.9 Å². The first-order valence-electron chi connectivity index (χ1n) is 13.2. The standard InChI is InChI=1S/C29H32F4N4O3S/c1-34-28(39)20-15-25(40-14-13-38)24(16-22(20)30)35-10-4-7-26-21(17-29(31,32)33)19-5-3-6-23(27(19)41-26)36-18-8-11-37(2)12-9-18/h3,5-6,15-16,18,35-36,38H,8-14,17H2,1-2H3,(H,34,39). The van der Waals surface area contributed by atoms with Gasteiger partial charge >= 0.3 is 6.18 Å². The van der Waals surface area contributed by atoms with Gasteiger partial charge in [-0.1, -0.05) is 24.0 Å². The molecule has 4 N–H and O–H groups in total. The van der Waals surface area contributed by atoms with Crippen molar-refractivity contribution in [3.05, 3.63) is 52.2 Å². The third-order valence-corrected chi connectivity index (χ3v) is 7.93. The van der Waals surface area contributed by atoms with Crippen LogP contribution in [0.5, 0.6) is 5.75 Å². The summed E-state index contributed by atoms with van der Waals surface area (Å²) in [5.41, 5.74) is 0.886. The number of aliphatic hydroxyl groups excluding tert-OH is 1. The molecule has 1 amide bonds. The van der Waals surface area contributed by atoms with Crippen molar-refractivity contribution in [2.75, 3.05) is 57.6 Å². The Kier molecular flexibility index (Phi) is 9.96. The molecule has 1 saturated heterocycles. The highest BCUT2D eigenvalue weighted by molar-refractivity contribution is 7.20. The zero-order chi connectivity index (χ0) is 29.6. The Labute approximate surface area is 239 Å². The van der Waals surface area contributed by atoms with Crippen LogP contribution in [0, 0.1) is 17.7 Å². The second-order valence-electron chi connectivity index (χ2n) is 9.74. The predicted molar refractivity (Wildman–Crippen MR) is 153 cm³/mol. The van der Waals surface area contributed by atoms with Crippen LogP contribution in [0.25, 0.3) is 10.1 Å². The van der Waals surface area contributed by atoms with E-state index in [0.29, 0.717) is 10.3 Å². The lowest BCUT2D eigenvalue weighted by Crippen LogP contribution is -2.36. The van der Waals surface area contributed by atoms with Crippen LogP contribution in [-0.4, -0.2) is 75.1 Å². The number of fused-ring (bicyclic) bond motifs is 1. The molecule has 0 radical (unpaired) electrons. The average molecular weight is 593 g/mol. The van der Waals surface area contributed by atoms with Gasteiger partial charge in [0.05, 0.1) is 46.1 Å². The fourth-order valence-corrected chi connectivity index (χ4v) is 5.84. The third-order valence-electron chi connectivity index (χ3n) is 6.73. The Morgan fingerprint density at radius 2 is 1.98 bits per heavy atom. The van der Waals surface area contributed by atoms with Crippen molar-refractivity contribution >= 4 is 38.7 Å². The van der Waals surface area contributed by atoms with Crippen molar-refractivity contribution in [1.82, 2.24) is 10.2 Å². The largest absolute Gasteiger partial charge is 0.489 e. The molecule has 0 bridgehead atoms. The minimum absolute atomic E-state index is 0.0331. The SMILES string of the molecule is CNC(=O)c1cc(OCCO)c(NCC#Cc2sc3c(NC4CCN(C)CC4)cccc3c2CC(F)(F)F)cc1F. The van der Waals surface area contributed by atoms with Gasteiger partial charge in [-0.15, -0.1) is 11.3 Å². The number of thiophene rings is 1. The van der Waals surface area contributed by atoms with Crippen LogP contribution < -0.4 is 20.7 Å². The number of carbonyl (C=O) groups excluding carboxylic acids is 1. The van der Waals surface area contributed by atoms with E-state index in [-0.39, 0.29) is 48.4 Å². The quantitative estimate of drug-likeness (QED) is 0.210. The Bertz CT molecular complexity index is 1440. The first-order valence-corrected chi connectivity index (χ1v) is 14.0. The number of benzene rings is 2. The number of halogens is 4. The number of hydrogen-bond acceptors (Lipinski definition) is 7. The van der Waals surface area contributed by atoms with Crippen molar-refractivity contribution < 1.29 is 32.2 Å². The molecule has 0 unspecified atom stereocenters. The van der Waals surface area contributed by atoms with Crippen molar-refractivity contribution in [2.45, 2.75) is 31.5 Å². The summed E-state index contributed by atoms with van der Waals surface area (Å²) in [6, 6.07) is 7.87. The van der Waals surface area contributed by atoms with Crippen molar-refractivity contribution in [2.24, 2.45) is 0 Å². The minimum Gasteiger partial charge on any atom is -0.489 e. The topological polar surface area (TPSA) is 85.9 Å². The maximum atomic E-state index is 14.6. The molecule has 1 aromatic heterocycles. The highest BCUT2D eigenvalue weighted by Gasteiger charge is 2.31. The van der Waals surface area contributed by atoms with Crippen LogP contribution >= 0.6 is 11.3 Å². The number of nitrogens with one attached hydrogen (secondary N) is 3. The van der Waals surface area contributed by atoms with Gasteiger partial charge < -0.3 is 30.7 Å². The first-order chi connectivity index (χ1) is 19.6. The number of amides is 1. The molecule has 0 spiro atoms. The molecule has 1 aliphatic heterocycles. The summed E-state index contributed by atoms with van der Waals surface area (Å²) in [5, 5.41) is 18.4. The minimum atomic E-state index is -4.41. The number of anilines is 2. The van der Waals surface area contributed by atoms with E-state index in [2.05, 4.69) is 39.7 Å². The first kappa shape index (κ1) is 30.4. The molecule has 7 nitrogen and oxygen atoms in total. The Hall–Kier alpha value is -3.53. The number of alkyl halides is 3. The van der Waals surface area contributed by atoms with Gasteiger partial charge in [0.15, 0.2) is 0 Å². The van der Waals surface area contributed by atoms with Crippen LogP contribution in [-0.2, 0) is 6.42 Å². The number of carbonyl (C=O) groups is 1. The molecule has 1 aliphatic rings. The van der Waals surface area contributed by atoms with Gasteiger partial charge in [0.1, 0.15) is 18.2 Å². The molecule has 0 saturated carbocycles. The average Bonchev–Trinajstić information content (AvgIpc) is 3.28. The molecule has 220 valence electrons. The fraction of sp³-hybridized carbons (Fsp3) is 0.414. The number of ether oxygens (including phenoxy) is 1. The van der Waals surface area contributed by atoms with E-state index in [1.807, 2.05) is 6.07 Å². The maximum absolute atomic E-state index is 14.6. The van der Waals surface area contributed by atoms with Gasteiger partial charge in [0, 0.05) is 19.2 Å². The smallest absolute Gasteiger partial charge is 0.393 e. The maximum Gasteiger partial charge on any atom is 0.393 e. The fourth-order valence-electron chi connectivity index (χ4n) is 4.67. The van der Waals surface area contributed by atoms with E-state index in [0.717, 1.165) is 42.4 Å². The lowest BCUT2D eigenvalue weighted by molar-refractivity contribution is -0.126. The lowest BCUT2D eigenvalue weighted by Gasteiger charge is -2.30. The molecule has 4 rings (SSSR count). The number of likely N-dealkylation sites (tertiary alicyclic amines) is 1. The molecule has 1 fully saturated rings. The molecule has 3 aromatic rings. The summed E-state index contributed by atoms with van der Waals surface area (Å²) in [6.07, 6.45) is -3.63. The highest BCUT2D eigenvalue weighted by Crippen LogP contribution is 2.39. The van der Waals surface area contributed by atoms with E-state index in [4.69, 9.17) is 9.84 Å². The normalized spacial score (nSPS) is 14.4. The summed E-state index contributed by atoms with van der Waals surface area (Å²) in [4.78, 5) is 14.5. The van der Waals surface area contributed by atoms with Gasteiger partial charge in [-0.25, -0.2) is 4.39 Å². The van der Waals surface area contributed by atoms with Crippen molar-refractivity contribution in [3.63, 3.8) is 0 Å². The van der Waals surface area contributed by atoms with E-state index in [9.17, 15) is 22.4 Å². The van der Waals surface area contributed by atoms with Gasteiger partial charge in [0.2, 0.25) is 0 Å². The predicted octanol–water partition coefficient (Wildman–Crippen LogP) is 4.85. The monoisotopic (exact) mass is 592 g/mol. The van der Waals surface area contributed by atoms with Crippen LogP contribution in [0.1, 0.15) is 33.6 Å². The second kappa shape index (κ2) is 13.4. The zero-order valence-corrected chi connectivity index (χ0v) is 23.6. The summed E-state index contributed by atoms with van der Waals surface area (Å²) in [7, 11) is 3.44. The summed E-state index contributed by atoms with van der Waals surface area (Å²) in [5.74, 6) is 4.42. The Balaban J connectivity index is 1.60. The van der Waals surface area contributed by atoms with Gasteiger partial charge in [0.25, 0.3) is 5.91 Å². The summed E-state index contributed by atoms with van der Waals surface area (Å²) in [6.45, 7) is 1.48. The number of piperidine rings is 1. The zero-order valence-electron chi connectivity index (χ0n) is 22.8. The van der Waals surface area contributed by atoms with Crippen LogP contribution in [0.3, 0.4) is 0 Å². The van der Waals surface area contributed by atoms with Crippen LogP contribution in [0.2, 0.25) is 0 Å². The Morgan fingerprint density at radius 3 is 2.66 bits per heavy atom. The summed E-state index contributed by atoms with van der Waals surface area (Å²) >= 11 is 1.22. The third kappa shape index (κ3) is 7.81. The summed E-state index contributed by atoms with van der Waals surface area (Å²) < 4.78 is 61.5. The van der Waals surface area contributed by atoms with Gasteiger partial charge in [-0.3, -0.25) is 4.79 Å². The molecule has 0 atom stereocenters. The Morgan fingerprint density at radius 1 is 1.22 bits per heavy atom. The molecule has 2 aromatic carbocycles. The molecule has 2 heterocycles. The van der Waals surface area contributed by atoms with Crippen molar-refractivity contribution in [3.8, 4) is 17.6 Å². The second-order valence-corrected chi connectivity index (χ2v) is 10.8. The van der Waals surface area contributed by atoms with Gasteiger partial charge in [-0.2, -0.15) is 13.2 Å². The number of rotatable bonds is 9. The van der Waals surface area contributed by atoms with Crippen LogP contribution in [0.15, 0.2) is 30.3 Å². The van der Waals surface area contributed by atoms with E-state index in [1.165, 1.54) is 24.5 Å². The van der Waals surface area contributed by atoms with E-state index < -0.39 is 24.3 Å². The molecule has 41 heavy (non-hydrogen) atoms. The van der Waals surface area contributed by atoms with Gasteiger partial charge in [-0.05, 0) is 56.1 Å². The molecular formula is C29H32F4N4O3S. The lowest BCUT2D eigenvalue weighted by atomic mass is 10.0. The number of nitrogens with zero attached hydrogens (tertiary/aromatic N) is 1. The highest BCUT2D eigenvalue weighted by atomic mass is 32.1.